The average molecular weight is 236 g/mol. The number of nitrogens with zero attached hydrogens (tertiary/aromatic N) is 2. The van der Waals surface area contributed by atoms with Gasteiger partial charge in [0.2, 0.25) is 6.41 Å². The zero-order chi connectivity index (χ0) is 11.4. The second-order valence-corrected chi connectivity index (χ2v) is 5.08. The lowest BCUT2D eigenvalue weighted by Crippen LogP contribution is -2.21. The Bertz CT molecular complexity index is 370. The lowest BCUT2D eigenvalue weighted by molar-refractivity contribution is -0.118. The number of hydrogen-bond acceptors (Lipinski definition) is 3. The van der Waals surface area contributed by atoms with Gasteiger partial charge in [-0.15, -0.1) is 11.8 Å². The summed E-state index contributed by atoms with van der Waals surface area (Å²) in [4.78, 5) is 17.2. The first-order valence-corrected chi connectivity index (χ1v) is 6.64. The lowest BCUT2D eigenvalue weighted by Gasteiger charge is -2.21. The molecule has 1 aromatic rings. The summed E-state index contributed by atoms with van der Waals surface area (Å²) in [6, 6.07) is 4.29. The van der Waals surface area contributed by atoms with Gasteiger partial charge in [0.05, 0.1) is 6.04 Å². The Balaban J connectivity index is 2.27. The third kappa shape index (κ3) is 2.21. The van der Waals surface area contributed by atoms with Crippen LogP contribution < -0.4 is 0 Å². The summed E-state index contributed by atoms with van der Waals surface area (Å²) in [5.74, 6) is 1.01. The molecule has 1 amide bonds. The molecule has 1 saturated heterocycles. The topological polar surface area (TPSA) is 33.2 Å². The third-order valence-electron chi connectivity index (χ3n) is 2.87. The number of rotatable bonds is 4. The van der Waals surface area contributed by atoms with Gasteiger partial charge in [-0.1, -0.05) is 13.0 Å². The van der Waals surface area contributed by atoms with Gasteiger partial charge in [0.1, 0.15) is 5.03 Å². The number of carbonyl (C=O) groups excluding carboxylic acids is 1. The summed E-state index contributed by atoms with van der Waals surface area (Å²) < 4.78 is 0. The summed E-state index contributed by atoms with van der Waals surface area (Å²) in [6.45, 7) is 2.99. The van der Waals surface area contributed by atoms with E-state index in [0.29, 0.717) is 0 Å². The second-order valence-electron chi connectivity index (χ2n) is 3.83. The molecule has 86 valence electrons. The molecule has 0 saturated carbocycles. The first-order chi connectivity index (χ1) is 7.86. The minimum absolute atomic E-state index is 0.236. The fourth-order valence-electron chi connectivity index (χ4n) is 2.16. The molecular formula is C12H16N2OS. The van der Waals surface area contributed by atoms with E-state index in [1.54, 1.807) is 11.8 Å². The second kappa shape index (κ2) is 5.34. The van der Waals surface area contributed by atoms with Crippen molar-refractivity contribution in [3.63, 3.8) is 0 Å². The van der Waals surface area contributed by atoms with E-state index in [0.717, 1.165) is 36.6 Å². The van der Waals surface area contributed by atoms with Crippen LogP contribution in [-0.4, -0.2) is 28.6 Å². The van der Waals surface area contributed by atoms with Gasteiger partial charge in [0.25, 0.3) is 0 Å². The predicted octanol–water partition coefficient (Wildman–Crippen LogP) is 2.49. The number of carbonyl (C=O) groups is 1. The van der Waals surface area contributed by atoms with Crippen molar-refractivity contribution in [2.24, 2.45) is 0 Å². The standard InChI is InChI=1S/C12H16N2OS/c1-2-16-12-10(5-3-7-13-12)11-6-4-8-14(11)9-15/h3,5,7,9,11H,2,4,6,8H2,1H3. The van der Waals surface area contributed by atoms with E-state index >= 15 is 0 Å². The van der Waals surface area contributed by atoms with E-state index in [4.69, 9.17) is 0 Å². The maximum atomic E-state index is 11.0. The van der Waals surface area contributed by atoms with E-state index in [-0.39, 0.29) is 6.04 Å². The molecule has 3 nitrogen and oxygen atoms in total. The number of likely N-dealkylation sites (tertiary alicyclic amines) is 1. The van der Waals surface area contributed by atoms with Crippen molar-refractivity contribution in [3.8, 4) is 0 Å². The Morgan fingerprint density at radius 3 is 3.31 bits per heavy atom. The third-order valence-corrected chi connectivity index (χ3v) is 3.77. The fourth-order valence-corrected chi connectivity index (χ4v) is 2.94. The fraction of sp³-hybridized carbons (Fsp3) is 0.500. The zero-order valence-electron chi connectivity index (χ0n) is 9.43. The molecule has 1 aliphatic heterocycles. The van der Waals surface area contributed by atoms with E-state index in [2.05, 4.69) is 18.0 Å². The van der Waals surface area contributed by atoms with Gasteiger partial charge in [-0.25, -0.2) is 4.98 Å². The monoisotopic (exact) mass is 236 g/mol. The highest BCUT2D eigenvalue weighted by Gasteiger charge is 2.26. The molecule has 4 heteroatoms. The van der Waals surface area contributed by atoms with Gasteiger partial charge in [0, 0.05) is 18.3 Å². The van der Waals surface area contributed by atoms with Gasteiger partial charge in [-0.05, 0) is 24.7 Å². The molecule has 1 unspecified atom stereocenters. The Hall–Kier alpha value is -1.03. The average Bonchev–Trinajstić information content (AvgIpc) is 2.78. The summed E-state index contributed by atoms with van der Waals surface area (Å²) in [5, 5.41) is 1.07. The number of pyridine rings is 1. The quantitative estimate of drug-likeness (QED) is 0.595. The first-order valence-electron chi connectivity index (χ1n) is 5.65. The Labute approximate surface area is 100 Å². The maximum absolute atomic E-state index is 11.0. The Morgan fingerprint density at radius 2 is 2.56 bits per heavy atom. The predicted molar refractivity (Wildman–Crippen MR) is 65.4 cm³/mol. The van der Waals surface area contributed by atoms with Gasteiger partial charge in [-0.3, -0.25) is 4.79 Å². The van der Waals surface area contributed by atoms with Crippen LogP contribution in [0, 0.1) is 0 Å². The Morgan fingerprint density at radius 1 is 1.69 bits per heavy atom. The van der Waals surface area contributed by atoms with Crippen LogP contribution in [0.1, 0.15) is 31.4 Å². The van der Waals surface area contributed by atoms with Crippen LogP contribution in [-0.2, 0) is 4.79 Å². The van der Waals surface area contributed by atoms with Crippen LogP contribution in [0.3, 0.4) is 0 Å². The normalized spacial score (nSPS) is 20.1. The van der Waals surface area contributed by atoms with Crippen LogP contribution >= 0.6 is 11.8 Å². The van der Waals surface area contributed by atoms with Gasteiger partial charge in [-0.2, -0.15) is 0 Å². The minimum atomic E-state index is 0.236. The van der Waals surface area contributed by atoms with Crippen LogP contribution in [0.5, 0.6) is 0 Å². The molecule has 1 aliphatic rings. The van der Waals surface area contributed by atoms with Crippen molar-refractivity contribution >= 4 is 18.2 Å². The van der Waals surface area contributed by atoms with Crippen LogP contribution in [0.4, 0.5) is 0 Å². The van der Waals surface area contributed by atoms with E-state index < -0.39 is 0 Å². The highest BCUT2D eigenvalue weighted by molar-refractivity contribution is 7.99. The van der Waals surface area contributed by atoms with E-state index in [1.165, 1.54) is 5.56 Å². The van der Waals surface area contributed by atoms with Crippen molar-refractivity contribution in [1.82, 2.24) is 9.88 Å². The molecule has 16 heavy (non-hydrogen) atoms. The van der Waals surface area contributed by atoms with E-state index in [9.17, 15) is 4.79 Å². The molecule has 0 aromatic carbocycles. The number of aromatic nitrogens is 1. The minimum Gasteiger partial charge on any atom is -0.338 e. The van der Waals surface area contributed by atoms with Crippen LogP contribution in [0.2, 0.25) is 0 Å². The van der Waals surface area contributed by atoms with Crippen LogP contribution in [0.15, 0.2) is 23.4 Å². The number of thioether (sulfide) groups is 1. The maximum Gasteiger partial charge on any atom is 0.210 e. The molecule has 0 N–H and O–H groups in total. The van der Waals surface area contributed by atoms with Crippen molar-refractivity contribution in [2.45, 2.75) is 30.8 Å². The summed E-state index contributed by atoms with van der Waals surface area (Å²) in [7, 11) is 0. The van der Waals surface area contributed by atoms with Gasteiger partial charge >= 0.3 is 0 Å². The van der Waals surface area contributed by atoms with Crippen molar-refractivity contribution in [1.29, 1.82) is 0 Å². The zero-order valence-corrected chi connectivity index (χ0v) is 10.2. The highest BCUT2D eigenvalue weighted by atomic mass is 32.2. The van der Waals surface area contributed by atoms with Crippen molar-refractivity contribution in [2.75, 3.05) is 12.3 Å². The van der Waals surface area contributed by atoms with Gasteiger partial charge < -0.3 is 4.90 Å². The molecule has 0 bridgehead atoms. The smallest absolute Gasteiger partial charge is 0.210 e. The number of amides is 1. The number of hydrogen-bond donors (Lipinski definition) is 0. The Kier molecular flexibility index (Phi) is 3.83. The highest BCUT2D eigenvalue weighted by Crippen LogP contribution is 2.35. The molecule has 1 atom stereocenters. The lowest BCUT2D eigenvalue weighted by atomic mass is 10.1. The molecular weight excluding hydrogens is 220 g/mol. The molecule has 1 aromatic heterocycles. The molecule has 0 radical (unpaired) electrons. The van der Waals surface area contributed by atoms with Crippen molar-refractivity contribution in [3.05, 3.63) is 23.9 Å². The summed E-state index contributed by atoms with van der Waals surface area (Å²) >= 11 is 1.75. The SMILES string of the molecule is CCSc1ncccc1C1CCCN1C=O. The molecule has 2 rings (SSSR count). The van der Waals surface area contributed by atoms with E-state index in [1.807, 2.05) is 17.2 Å². The summed E-state index contributed by atoms with van der Waals surface area (Å²) in [5.41, 5.74) is 1.21. The largest absolute Gasteiger partial charge is 0.338 e. The molecule has 0 spiro atoms. The molecule has 0 aliphatic carbocycles. The van der Waals surface area contributed by atoms with Crippen LogP contribution in [0.25, 0.3) is 0 Å². The molecule has 2 heterocycles. The summed E-state index contributed by atoms with van der Waals surface area (Å²) in [6.07, 6.45) is 4.93. The molecule has 1 fully saturated rings. The first kappa shape index (κ1) is 11.5. The van der Waals surface area contributed by atoms with Crippen molar-refractivity contribution < 1.29 is 4.79 Å². The van der Waals surface area contributed by atoms with Gasteiger partial charge in [0.15, 0.2) is 0 Å².